The predicted molar refractivity (Wildman–Crippen MR) is 73.7 cm³/mol. The summed E-state index contributed by atoms with van der Waals surface area (Å²) in [7, 11) is 1.54. The van der Waals surface area contributed by atoms with E-state index < -0.39 is 0 Å². The van der Waals surface area contributed by atoms with Crippen molar-refractivity contribution in [3.8, 4) is 5.75 Å². The fraction of sp³-hybridized carbons (Fsp3) is 0.571. The van der Waals surface area contributed by atoms with E-state index in [9.17, 15) is 4.39 Å². The van der Waals surface area contributed by atoms with Gasteiger partial charge in [0.2, 0.25) is 0 Å². The molecule has 1 saturated carbocycles. The molecule has 0 spiro atoms. The molecule has 0 heterocycles. The second-order valence-electron chi connectivity index (χ2n) is 4.81. The first-order valence-corrected chi connectivity index (χ1v) is 6.31. The van der Waals surface area contributed by atoms with Gasteiger partial charge in [-0.25, -0.2) is 4.39 Å². The van der Waals surface area contributed by atoms with Gasteiger partial charge in [0.15, 0.2) is 0 Å². The lowest BCUT2D eigenvalue weighted by Gasteiger charge is -2.28. The van der Waals surface area contributed by atoms with Crippen LogP contribution in [-0.4, -0.2) is 7.11 Å². The summed E-state index contributed by atoms with van der Waals surface area (Å²) < 4.78 is 18.9. The highest BCUT2D eigenvalue weighted by Crippen LogP contribution is 2.34. The minimum atomic E-state index is -0.248. The van der Waals surface area contributed by atoms with E-state index in [1.54, 1.807) is 12.1 Å². The second-order valence-corrected chi connectivity index (χ2v) is 4.81. The van der Waals surface area contributed by atoms with Gasteiger partial charge < -0.3 is 10.5 Å². The smallest absolute Gasteiger partial charge is 0.131 e. The van der Waals surface area contributed by atoms with Crippen LogP contribution in [0.3, 0.4) is 0 Å². The summed E-state index contributed by atoms with van der Waals surface area (Å²) in [6, 6.07) is 4.77. The van der Waals surface area contributed by atoms with E-state index in [0.29, 0.717) is 17.2 Å². The van der Waals surface area contributed by atoms with Gasteiger partial charge in [0.1, 0.15) is 11.6 Å². The fourth-order valence-electron chi connectivity index (χ4n) is 2.65. The Labute approximate surface area is 114 Å². The first-order valence-electron chi connectivity index (χ1n) is 6.31. The van der Waals surface area contributed by atoms with Crippen molar-refractivity contribution in [1.82, 2.24) is 0 Å². The van der Waals surface area contributed by atoms with Crippen LogP contribution in [0.15, 0.2) is 18.2 Å². The largest absolute Gasteiger partial charge is 0.497 e. The van der Waals surface area contributed by atoms with Gasteiger partial charge in [-0.15, -0.1) is 12.4 Å². The van der Waals surface area contributed by atoms with Gasteiger partial charge in [-0.05, 0) is 24.8 Å². The molecule has 2 rings (SSSR count). The van der Waals surface area contributed by atoms with Crippen molar-refractivity contribution < 1.29 is 9.13 Å². The van der Waals surface area contributed by atoms with Crippen molar-refractivity contribution in [1.29, 1.82) is 0 Å². The number of nitrogens with two attached hydrogens (primary N) is 1. The fourth-order valence-corrected chi connectivity index (χ4v) is 2.65. The molecule has 1 fully saturated rings. The Bertz CT molecular complexity index is 380. The Morgan fingerprint density at radius 1 is 1.28 bits per heavy atom. The lowest BCUT2D eigenvalue weighted by atomic mass is 9.81. The van der Waals surface area contributed by atoms with Crippen LogP contribution in [0.5, 0.6) is 5.75 Å². The molecule has 2 nitrogen and oxygen atoms in total. The van der Waals surface area contributed by atoms with Crippen LogP contribution in [0.2, 0.25) is 0 Å². The van der Waals surface area contributed by atoms with Gasteiger partial charge in [-0.2, -0.15) is 0 Å². The maximum atomic E-state index is 13.9. The highest BCUT2D eigenvalue weighted by molar-refractivity contribution is 5.85. The lowest BCUT2D eigenvalue weighted by molar-refractivity contribution is 0.303. The van der Waals surface area contributed by atoms with E-state index in [1.807, 2.05) is 0 Å². The summed E-state index contributed by atoms with van der Waals surface area (Å²) in [4.78, 5) is 0. The van der Waals surface area contributed by atoms with Crippen molar-refractivity contribution in [2.45, 2.75) is 38.1 Å². The third-order valence-corrected chi connectivity index (χ3v) is 3.72. The summed E-state index contributed by atoms with van der Waals surface area (Å²) in [5.41, 5.74) is 6.80. The third-order valence-electron chi connectivity index (χ3n) is 3.72. The van der Waals surface area contributed by atoms with E-state index in [-0.39, 0.29) is 24.3 Å². The first-order chi connectivity index (χ1) is 8.22. The van der Waals surface area contributed by atoms with Gasteiger partial charge in [0.05, 0.1) is 7.11 Å². The van der Waals surface area contributed by atoms with Crippen LogP contribution < -0.4 is 10.5 Å². The molecule has 1 aliphatic rings. The zero-order valence-corrected chi connectivity index (χ0v) is 11.5. The molecule has 0 amide bonds. The maximum Gasteiger partial charge on any atom is 0.131 e. The number of ether oxygens (including phenoxy) is 1. The normalized spacial score (nSPS) is 17.9. The zero-order valence-electron chi connectivity index (χ0n) is 10.7. The third kappa shape index (κ3) is 3.36. The molecule has 2 N–H and O–H groups in total. The number of benzene rings is 1. The molecule has 1 aliphatic carbocycles. The van der Waals surface area contributed by atoms with E-state index in [0.717, 1.165) is 12.8 Å². The Kier molecular flexibility index (Phi) is 5.89. The average molecular weight is 274 g/mol. The van der Waals surface area contributed by atoms with Gasteiger partial charge in [0.25, 0.3) is 0 Å². The lowest BCUT2D eigenvalue weighted by Crippen LogP contribution is -2.24. The van der Waals surface area contributed by atoms with Crippen molar-refractivity contribution in [3.63, 3.8) is 0 Å². The quantitative estimate of drug-likeness (QED) is 0.908. The van der Waals surface area contributed by atoms with E-state index in [4.69, 9.17) is 10.5 Å². The molecule has 102 valence electrons. The van der Waals surface area contributed by atoms with Crippen molar-refractivity contribution in [3.05, 3.63) is 29.6 Å². The van der Waals surface area contributed by atoms with Crippen LogP contribution in [0.1, 0.15) is 43.7 Å². The molecule has 0 radical (unpaired) electrons. The number of halogens is 2. The minimum Gasteiger partial charge on any atom is -0.497 e. The van der Waals surface area contributed by atoms with Gasteiger partial charge in [-0.1, -0.05) is 25.3 Å². The SMILES string of the molecule is COc1ccc([C@H](N)C2CCCCC2)c(F)c1.Cl. The highest BCUT2D eigenvalue weighted by Gasteiger charge is 2.24. The summed E-state index contributed by atoms with van der Waals surface area (Å²) >= 11 is 0. The molecule has 1 atom stereocenters. The molecule has 0 bridgehead atoms. The van der Waals surface area contributed by atoms with E-state index >= 15 is 0 Å². The molecule has 0 aliphatic heterocycles. The van der Waals surface area contributed by atoms with Crippen molar-refractivity contribution in [2.24, 2.45) is 11.7 Å². The standard InChI is InChI=1S/C14H20FNO.ClH/c1-17-11-7-8-12(13(15)9-11)14(16)10-5-3-2-4-6-10;/h7-10,14H,2-6,16H2,1H3;1H/t14-;/m1./s1. The number of methoxy groups -OCH3 is 1. The number of rotatable bonds is 3. The second kappa shape index (κ2) is 6.95. The van der Waals surface area contributed by atoms with Gasteiger partial charge in [-0.3, -0.25) is 0 Å². The van der Waals surface area contributed by atoms with Crippen molar-refractivity contribution >= 4 is 12.4 Å². The van der Waals surface area contributed by atoms with Gasteiger partial charge in [0, 0.05) is 17.7 Å². The van der Waals surface area contributed by atoms with Crippen LogP contribution in [0, 0.1) is 11.7 Å². The Balaban J connectivity index is 0.00000162. The molecular formula is C14H21ClFNO. The average Bonchev–Trinajstić information content (AvgIpc) is 2.39. The number of hydrogen-bond acceptors (Lipinski definition) is 2. The minimum absolute atomic E-state index is 0. The van der Waals surface area contributed by atoms with E-state index in [1.165, 1.54) is 32.4 Å². The molecule has 4 heteroatoms. The summed E-state index contributed by atoms with van der Waals surface area (Å²) in [5.74, 6) is 0.719. The Morgan fingerprint density at radius 2 is 1.94 bits per heavy atom. The molecule has 0 aromatic heterocycles. The molecule has 1 aromatic carbocycles. The van der Waals surface area contributed by atoms with Crippen LogP contribution in [0.4, 0.5) is 4.39 Å². The maximum absolute atomic E-state index is 13.9. The number of hydrogen-bond donors (Lipinski definition) is 1. The topological polar surface area (TPSA) is 35.2 Å². The summed E-state index contributed by atoms with van der Waals surface area (Å²) in [6.45, 7) is 0. The monoisotopic (exact) mass is 273 g/mol. The summed E-state index contributed by atoms with van der Waals surface area (Å²) in [5, 5.41) is 0. The van der Waals surface area contributed by atoms with E-state index in [2.05, 4.69) is 0 Å². The summed E-state index contributed by atoms with van der Waals surface area (Å²) in [6.07, 6.45) is 5.96. The highest BCUT2D eigenvalue weighted by atomic mass is 35.5. The molecule has 0 saturated heterocycles. The Hall–Kier alpha value is -0.800. The first kappa shape index (κ1) is 15.3. The van der Waals surface area contributed by atoms with Crippen LogP contribution in [-0.2, 0) is 0 Å². The Morgan fingerprint density at radius 3 is 2.50 bits per heavy atom. The van der Waals surface area contributed by atoms with Gasteiger partial charge >= 0.3 is 0 Å². The molecule has 0 unspecified atom stereocenters. The van der Waals surface area contributed by atoms with Crippen LogP contribution in [0.25, 0.3) is 0 Å². The van der Waals surface area contributed by atoms with Crippen molar-refractivity contribution in [2.75, 3.05) is 7.11 Å². The molecule has 18 heavy (non-hydrogen) atoms. The zero-order chi connectivity index (χ0) is 12.3. The molecule has 1 aromatic rings. The molecular weight excluding hydrogens is 253 g/mol. The predicted octanol–water partition coefficient (Wildman–Crippen LogP) is 3.84. The van der Waals surface area contributed by atoms with Crippen LogP contribution >= 0.6 is 12.4 Å².